The molecule has 1 amide bonds. The van der Waals surface area contributed by atoms with Crippen LogP contribution in [0, 0.1) is 5.82 Å². The van der Waals surface area contributed by atoms with Crippen molar-refractivity contribution in [2.45, 2.75) is 4.90 Å². The van der Waals surface area contributed by atoms with Crippen molar-refractivity contribution in [3.63, 3.8) is 0 Å². The van der Waals surface area contributed by atoms with E-state index in [0.29, 0.717) is 21.2 Å². The van der Waals surface area contributed by atoms with Gasteiger partial charge in [-0.05, 0) is 60.7 Å². The van der Waals surface area contributed by atoms with Crippen LogP contribution in [-0.2, 0) is 10.0 Å². The van der Waals surface area contributed by atoms with Crippen molar-refractivity contribution < 1.29 is 17.6 Å². The van der Waals surface area contributed by atoms with E-state index in [4.69, 9.17) is 11.6 Å². The van der Waals surface area contributed by atoms with Crippen molar-refractivity contribution >= 4 is 59.9 Å². The van der Waals surface area contributed by atoms with Gasteiger partial charge in [-0.25, -0.2) is 17.8 Å². The van der Waals surface area contributed by atoms with Crippen LogP contribution in [0.3, 0.4) is 0 Å². The first-order valence-electron chi connectivity index (χ1n) is 8.57. The first kappa shape index (κ1) is 20.3. The first-order valence-corrected chi connectivity index (χ1v) is 11.2. The Labute approximate surface area is 180 Å². The van der Waals surface area contributed by atoms with Gasteiger partial charge >= 0.3 is 0 Å². The van der Waals surface area contributed by atoms with Gasteiger partial charge in [-0.1, -0.05) is 29.0 Å². The van der Waals surface area contributed by atoms with E-state index in [1.54, 1.807) is 12.1 Å². The zero-order valence-electron chi connectivity index (χ0n) is 15.1. The second kappa shape index (κ2) is 8.02. The van der Waals surface area contributed by atoms with E-state index < -0.39 is 21.7 Å². The number of halogens is 2. The molecule has 3 aromatic carbocycles. The highest BCUT2D eigenvalue weighted by molar-refractivity contribution is 7.92. The molecule has 0 fully saturated rings. The number of para-hydroxylation sites is 1. The topological polar surface area (TPSA) is 88.2 Å². The van der Waals surface area contributed by atoms with Crippen LogP contribution in [0.4, 0.5) is 15.2 Å². The molecule has 30 heavy (non-hydrogen) atoms. The van der Waals surface area contributed by atoms with E-state index in [2.05, 4.69) is 15.0 Å². The van der Waals surface area contributed by atoms with Crippen LogP contribution in [0.5, 0.6) is 0 Å². The van der Waals surface area contributed by atoms with Gasteiger partial charge in [-0.15, -0.1) is 0 Å². The van der Waals surface area contributed by atoms with Crippen LogP contribution in [0.2, 0.25) is 5.02 Å². The Kier molecular flexibility index (Phi) is 5.42. The van der Waals surface area contributed by atoms with Crippen LogP contribution < -0.4 is 10.0 Å². The third kappa shape index (κ3) is 4.28. The molecule has 1 aromatic heterocycles. The molecule has 1 heterocycles. The number of hydrogen-bond donors (Lipinski definition) is 2. The molecule has 0 aliphatic rings. The third-order valence-corrected chi connectivity index (χ3v) is 6.75. The highest BCUT2D eigenvalue weighted by Crippen LogP contribution is 2.30. The minimum absolute atomic E-state index is 0.0692. The fourth-order valence-electron chi connectivity index (χ4n) is 2.66. The number of rotatable bonds is 5. The van der Waals surface area contributed by atoms with E-state index in [1.807, 2.05) is 6.07 Å². The molecule has 0 saturated carbocycles. The van der Waals surface area contributed by atoms with E-state index >= 15 is 0 Å². The van der Waals surface area contributed by atoms with Crippen molar-refractivity contribution in [2.24, 2.45) is 0 Å². The molecule has 0 bridgehead atoms. The standard InChI is InChI=1S/C20H13ClFN3O3S2/c21-16-2-1-3-17-18(16)23-20(29-17)24-19(26)12-4-8-14(9-5-12)25-30(27,28)15-10-6-13(22)7-11-15/h1-11,25H,(H,23,24,26). The zero-order chi connectivity index (χ0) is 21.3. The predicted molar refractivity (Wildman–Crippen MR) is 116 cm³/mol. The van der Waals surface area contributed by atoms with Crippen LogP contribution in [0.15, 0.2) is 71.6 Å². The van der Waals surface area contributed by atoms with Gasteiger partial charge in [-0.3, -0.25) is 14.8 Å². The molecule has 4 aromatic rings. The molecular weight excluding hydrogens is 449 g/mol. The maximum Gasteiger partial charge on any atom is 0.261 e. The number of sulfonamides is 1. The molecular formula is C20H13ClFN3O3S2. The summed E-state index contributed by atoms with van der Waals surface area (Å²) in [7, 11) is -3.87. The number of carbonyl (C=O) groups is 1. The molecule has 6 nitrogen and oxygen atoms in total. The number of nitrogens with zero attached hydrogens (tertiary/aromatic N) is 1. The predicted octanol–water partition coefficient (Wildman–Crippen LogP) is 5.14. The number of anilines is 2. The number of aromatic nitrogens is 1. The van der Waals surface area contributed by atoms with Gasteiger partial charge < -0.3 is 0 Å². The Bertz CT molecular complexity index is 1340. The molecule has 0 saturated heterocycles. The van der Waals surface area contributed by atoms with Gasteiger partial charge in [0.25, 0.3) is 15.9 Å². The lowest BCUT2D eigenvalue weighted by Crippen LogP contribution is -2.14. The lowest BCUT2D eigenvalue weighted by molar-refractivity contribution is 0.102. The molecule has 2 N–H and O–H groups in total. The van der Waals surface area contributed by atoms with Crippen LogP contribution in [-0.4, -0.2) is 19.3 Å². The monoisotopic (exact) mass is 461 g/mol. The van der Waals surface area contributed by atoms with Gasteiger partial charge in [0.15, 0.2) is 5.13 Å². The SMILES string of the molecule is O=C(Nc1nc2c(Cl)cccc2s1)c1ccc(NS(=O)(=O)c2ccc(F)cc2)cc1. The van der Waals surface area contributed by atoms with E-state index in [1.165, 1.54) is 47.7 Å². The number of hydrogen-bond acceptors (Lipinski definition) is 5. The normalized spacial score (nSPS) is 11.4. The van der Waals surface area contributed by atoms with E-state index in [9.17, 15) is 17.6 Å². The first-order chi connectivity index (χ1) is 14.3. The smallest absolute Gasteiger partial charge is 0.261 e. The van der Waals surface area contributed by atoms with Crippen LogP contribution in [0.25, 0.3) is 10.2 Å². The number of nitrogens with one attached hydrogen (secondary N) is 2. The van der Waals surface area contributed by atoms with E-state index in [0.717, 1.165) is 16.8 Å². The molecule has 4 rings (SSSR count). The van der Waals surface area contributed by atoms with Crippen molar-refractivity contribution in [1.82, 2.24) is 4.98 Å². The highest BCUT2D eigenvalue weighted by atomic mass is 35.5. The Morgan fingerprint density at radius 2 is 1.70 bits per heavy atom. The van der Waals surface area contributed by atoms with Gasteiger partial charge in [-0.2, -0.15) is 0 Å². The number of amides is 1. The van der Waals surface area contributed by atoms with Gasteiger partial charge in [0.2, 0.25) is 0 Å². The molecule has 0 spiro atoms. The summed E-state index contributed by atoms with van der Waals surface area (Å²) in [6.45, 7) is 0. The lowest BCUT2D eigenvalue weighted by Gasteiger charge is -2.09. The summed E-state index contributed by atoms with van der Waals surface area (Å²) in [6.07, 6.45) is 0. The minimum atomic E-state index is -3.87. The molecule has 0 radical (unpaired) electrons. The Hall–Kier alpha value is -3.01. The summed E-state index contributed by atoms with van der Waals surface area (Å²) in [5, 5.41) is 3.62. The minimum Gasteiger partial charge on any atom is -0.298 e. The fraction of sp³-hybridized carbons (Fsp3) is 0. The second-order valence-electron chi connectivity index (χ2n) is 6.20. The van der Waals surface area contributed by atoms with Crippen molar-refractivity contribution in [3.05, 3.63) is 83.1 Å². The Morgan fingerprint density at radius 1 is 1.00 bits per heavy atom. The quantitative estimate of drug-likeness (QED) is 0.430. The number of carbonyl (C=O) groups excluding carboxylic acids is 1. The zero-order valence-corrected chi connectivity index (χ0v) is 17.5. The average molecular weight is 462 g/mol. The van der Waals surface area contributed by atoms with Crippen LogP contribution in [0.1, 0.15) is 10.4 Å². The summed E-state index contributed by atoms with van der Waals surface area (Å²) in [4.78, 5) is 16.7. The number of thiazole rings is 1. The molecule has 0 atom stereocenters. The average Bonchev–Trinajstić information content (AvgIpc) is 3.12. The van der Waals surface area contributed by atoms with Crippen LogP contribution >= 0.6 is 22.9 Å². The largest absolute Gasteiger partial charge is 0.298 e. The third-order valence-electron chi connectivity index (χ3n) is 4.11. The maximum absolute atomic E-state index is 13.0. The Morgan fingerprint density at radius 3 is 2.37 bits per heavy atom. The fourth-order valence-corrected chi connectivity index (χ4v) is 4.87. The highest BCUT2D eigenvalue weighted by Gasteiger charge is 2.15. The van der Waals surface area contributed by atoms with Gasteiger partial charge in [0.05, 0.1) is 14.6 Å². The van der Waals surface area contributed by atoms with Crippen molar-refractivity contribution in [2.75, 3.05) is 10.0 Å². The summed E-state index contributed by atoms with van der Waals surface area (Å²) in [6, 6.07) is 15.8. The molecule has 0 unspecified atom stereocenters. The maximum atomic E-state index is 13.0. The Balaban J connectivity index is 1.47. The summed E-state index contributed by atoms with van der Waals surface area (Å²) >= 11 is 7.40. The number of fused-ring (bicyclic) bond motifs is 1. The molecule has 10 heteroatoms. The second-order valence-corrected chi connectivity index (χ2v) is 9.32. The van der Waals surface area contributed by atoms with E-state index in [-0.39, 0.29) is 10.6 Å². The van der Waals surface area contributed by atoms with Gasteiger partial charge in [0.1, 0.15) is 11.3 Å². The van der Waals surface area contributed by atoms with Crippen molar-refractivity contribution in [1.29, 1.82) is 0 Å². The van der Waals surface area contributed by atoms with Gasteiger partial charge in [0, 0.05) is 11.3 Å². The lowest BCUT2D eigenvalue weighted by atomic mass is 10.2. The number of benzene rings is 3. The molecule has 0 aliphatic carbocycles. The summed E-state index contributed by atoms with van der Waals surface area (Å²) in [5.41, 5.74) is 1.21. The molecule has 152 valence electrons. The molecule has 0 aliphatic heterocycles. The summed E-state index contributed by atoms with van der Waals surface area (Å²) in [5.74, 6) is -0.919. The van der Waals surface area contributed by atoms with Crippen molar-refractivity contribution in [3.8, 4) is 0 Å². The summed E-state index contributed by atoms with van der Waals surface area (Å²) < 4.78 is 40.9.